The summed E-state index contributed by atoms with van der Waals surface area (Å²) in [4.78, 5) is 0. The third kappa shape index (κ3) is 4.16. The molecule has 2 rings (SSSR count). The Kier molecular flexibility index (Phi) is 5.11. The summed E-state index contributed by atoms with van der Waals surface area (Å²) in [5, 5.41) is 6.47. The first-order valence-electron chi connectivity index (χ1n) is 6.53. The first-order chi connectivity index (χ1) is 10.1. The van der Waals surface area contributed by atoms with E-state index in [-0.39, 0.29) is 5.82 Å². The Morgan fingerprint density at radius 3 is 2.71 bits per heavy atom. The number of rotatable bonds is 4. The summed E-state index contributed by atoms with van der Waals surface area (Å²) in [5.41, 5.74) is 2.44. The lowest BCUT2D eigenvalue weighted by molar-refractivity contribution is 0.417. The first-order valence-corrected chi connectivity index (χ1v) is 6.94. The van der Waals surface area contributed by atoms with Crippen LogP contribution < -0.4 is 15.4 Å². The maximum Gasteiger partial charge on any atom is 0.171 e. The van der Waals surface area contributed by atoms with Crippen molar-refractivity contribution in [3.8, 4) is 5.75 Å². The van der Waals surface area contributed by atoms with Crippen molar-refractivity contribution >= 4 is 23.0 Å². The Morgan fingerprint density at radius 2 is 2.00 bits per heavy atom. The van der Waals surface area contributed by atoms with Crippen molar-refractivity contribution in [2.45, 2.75) is 13.5 Å². The molecule has 0 aliphatic heterocycles. The molecule has 0 saturated heterocycles. The van der Waals surface area contributed by atoms with Crippen molar-refractivity contribution in [2.75, 3.05) is 12.4 Å². The molecule has 0 saturated carbocycles. The Morgan fingerprint density at radius 1 is 1.24 bits per heavy atom. The van der Waals surface area contributed by atoms with Gasteiger partial charge in [0.05, 0.1) is 12.8 Å². The molecular weight excluding hydrogens is 287 g/mol. The number of ether oxygens (including phenoxy) is 1. The summed E-state index contributed by atoms with van der Waals surface area (Å²) >= 11 is 5.23. The average Bonchev–Trinajstić information content (AvgIpc) is 2.47. The van der Waals surface area contributed by atoms with E-state index in [0.29, 0.717) is 23.0 Å². The minimum atomic E-state index is -0.249. The summed E-state index contributed by atoms with van der Waals surface area (Å²) in [6.07, 6.45) is 0. The number of benzene rings is 2. The lowest BCUT2D eigenvalue weighted by Gasteiger charge is -2.14. The lowest BCUT2D eigenvalue weighted by Crippen LogP contribution is -2.28. The maximum absolute atomic E-state index is 13.5. The SMILES string of the molecule is COc1ccc(C)cc1NC(=S)NCc1ccccc1F. The largest absolute Gasteiger partial charge is 0.495 e. The van der Waals surface area contributed by atoms with Gasteiger partial charge in [0.1, 0.15) is 11.6 Å². The van der Waals surface area contributed by atoms with Crippen LogP contribution in [0.25, 0.3) is 0 Å². The highest BCUT2D eigenvalue weighted by Crippen LogP contribution is 2.25. The Hall–Kier alpha value is -2.14. The van der Waals surface area contributed by atoms with Crippen LogP contribution in [-0.2, 0) is 6.54 Å². The molecule has 5 heteroatoms. The smallest absolute Gasteiger partial charge is 0.171 e. The standard InChI is InChI=1S/C16H17FN2OS/c1-11-7-8-15(20-2)14(9-11)19-16(21)18-10-12-5-3-4-6-13(12)17/h3-9H,10H2,1-2H3,(H2,18,19,21). The molecule has 0 unspecified atom stereocenters. The molecule has 21 heavy (non-hydrogen) atoms. The number of nitrogens with one attached hydrogen (secondary N) is 2. The molecule has 2 N–H and O–H groups in total. The fourth-order valence-corrected chi connectivity index (χ4v) is 2.09. The van der Waals surface area contributed by atoms with Gasteiger partial charge in [-0.3, -0.25) is 0 Å². The van der Waals surface area contributed by atoms with E-state index in [0.717, 1.165) is 11.3 Å². The minimum absolute atomic E-state index is 0.249. The van der Waals surface area contributed by atoms with Gasteiger partial charge in [0.15, 0.2) is 5.11 Å². The summed E-state index contributed by atoms with van der Waals surface area (Å²) < 4.78 is 18.8. The van der Waals surface area contributed by atoms with Gasteiger partial charge in [-0.1, -0.05) is 24.3 Å². The zero-order valence-electron chi connectivity index (χ0n) is 11.9. The van der Waals surface area contributed by atoms with E-state index >= 15 is 0 Å². The Bertz CT molecular complexity index is 646. The second-order valence-electron chi connectivity index (χ2n) is 4.60. The van der Waals surface area contributed by atoms with Crippen LogP contribution in [0.2, 0.25) is 0 Å². The maximum atomic E-state index is 13.5. The summed E-state index contributed by atoms with van der Waals surface area (Å²) in [6.45, 7) is 2.31. The molecule has 0 heterocycles. The predicted molar refractivity (Wildman–Crippen MR) is 87.2 cm³/mol. The van der Waals surface area contributed by atoms with Gasteiger partial charge in [0, 0.05) is 12.1 Å². The lowest BCUT2D eigenvalue weighted by atomic mass is 10.2. The molecule has 0 atom stereocenters. The second kappa shape index (κ2) is 7.04. The van der Waals surface area contributed by atoms with E-state index in [1.807, 2.05) is 25.1 Å². The molecule has 2 aromatic carbocycles. The number of aryl methyl sites for hydroxylation is 1. The molecule has 0 amide bonds. The second-order valence-corrected chi connectivity index (χ2v) is 5.01. The van der Waals surface area contributed by atoms with Crippen LogP contribution in [0.1, 0.15) is 11.1 Å². The van der Waals surface area contributed by atoms with Crippen LogP contribution in [0.5, 0.6) is 5.75 Å². The van der Waals surface area contributed by atoms with Gasteiger partial charge in [-0.2, -0.15) is 0 Å². The summed E-state index contributed by atoms with van der Waals surface area (Å²) in [7, 11) is 1.60. The molecule has 0 radical (unpaired) electrons. The molecule has 3 nitrogen and oxygen atoms in total. The average molecular weight is 304 g/mol. The van der Waals surface area contributed by atoms with Gasteiger partial charge in [-0.15, -0.1) is 0 Å². The van der Waals surface area contributed by atoms with Crippen molar-refractivity contribution in [2.24, 2.45) is 0 Å². The molecule has 110 valence electrons. The summed E-state index contributed by atoms with van der Waals surface area (Å²) in [6, 6.07) is 12.4. The van der Waals surface area contributed by atoms with Crippen LogP contribution >= 0.6 is 12.2 Å². The van der Waals surface area contributed by atoms with E-state index in [4.69, 9.17) is 17.0 Å². The highest BCUT2D eigenvalue weighted by atomic mass is 32.1. The summed E-state index contributed by atoms with van der Waals surface area (Å²) in [5.74, 6) is 0.455. The third-order valence-corrected chi connectivity index (χ3v) is 3.25. The predicted octanol–water partition coefficient (Wildman–Crippen LogP) is 3.63. The third-order valence-electron chi connectivity index (χ3n) is 3.00. The fourth-order valence-electron chi connectivity index (χ4n) is 1.90. The normalized spacial score (nSPS) is 10.0. The number of hydrogen-bond acceptors (Lipinski definition) is 2. The fraction of sp³-hybridized carbons (Fsp3) is 0.188. The Balaban J connectivity index is 1.99. The van der Waals surface area contributed by atoms with Crippen molar-refractivity contribution in [3.05, 3.63) is 59.4 Å². The molecule has 0 bridgehead atoms. The van der Waals surface area contributed by atoms with Crippen molar-refractivity contribution in [1.82, 2.24) is 5.32 Å². The number of halogens is 1. The van der Waals surface area contributed by atoms with E-state index in [2.05, 4.69) is 10.6 Å². The van der Waals surface area contributed by atoms with Crippen molar-refractivity contribution in [3.63, 3.8) is 0 Å². The van der Waals surface area contributed by atoms with Gasteiger partial charge < -0.3 is 15.4 Å². The molecule has 0 aliphatic carbocycles. The van der Waals surface area contributed by atoms with Gasteiger partial charge in [-0.05, 0) is 42.9 Å². The van der Waals surface area contributed by atoms with Crippen LogP contribution in [0.4, 0.5) is 10.1 Å². The monoisotopic (exact) mass is 304 g/mol. The van der Waals surface area contributed by atoms with Gasteiger partial charge in [0.2, 0.25) is 0 Å². The van der Waals surface area contributed by atoms with E-state index < -0.39 is 0 Å². The van der Waals surface area contributed by atoms with E-state index in [9.17, 15) is 4.39 Å². The van der Waals surface area contributed by atoms with Crippen LogP contribution in [0.3, 0.4) is 0 Å². The number of thiocarbonyl (C=S) groups is 1. The van der Waals surface area contributed by atoms with Crippen molar-refractivity contribution < 1.29 is 9.13 Å². The van der Waals surface area contributed by atoms with E-state index in [1.54, 1.807) is 25.3 Å². The van der Waals surface area contributed by atoms with Crippen molar-refractivity contribution in [1.29, 1.82) is 0 Å². The highest BCUT2D eigenvalue weighted by molar-refractivity contribution is 7.80. The highest BCUT2D eigenvalue weighted by Gasteiger charge is 2.06. The molecule has 2 aromatic rings. The molecule has 0 fully saturated rings. The minimum Gasteiger partial charge on any atom is -0.495 e. The quantitative estimate of drug-likeness (QED) is 0.845. The number of anilines is 1. The van der Waals surface area contributed by atoms with Gasteiger partial charge in [-0.25, -0.2) is 4.39 Å². The topological polar surface area (TPSA) is 33.3 Å². The van der Waals surface area contributed by atoms with E-state index in [1.165, 1.54) is 6.07 Å². The van der Waals surface area contributed by atoms with Crippen LogP contribution in [0, 0.1) is 12.7 Å². The molecular formula is C16H17FN2OS. The molecule has 0 aliphatic rings. The Labute approximate surface area is 129 Å². The molecule has 0 spiro atoms. The van der Waals surface area contributed by atoms with Gasteiger partial charge >= 0.3 is 0 Å². The van der Waals surface area contributed by atoms with Crippen LogP contribution in [-0.4, -0.2) is 12.2 Å². The number of methoxy groups -OCH3 is 1. The van der Waals surface area contributed by atoms with Gasteiger partial charge in [0.25, 0.3) is 0 Å². The zero-order chi connectivity index (χ0) is 15.2. The first kappa shape index (κ1) is 15.3. The van der Waals surface area contributed by atoms with Crippen LogP contribution in [0.15, 0.2) is 42.5 Å². The zero-order valence-corrected chi connectivity index (χ0v) is 12.8. The molecule has 0 aromatic heterocycles. The number of hydrogen-bond donors (Lipinski definition) is 2.